The van der Waals surface area contributed by atoms with E-state index in [1.165, 1.54) is 0 Å². The third-order valence-electron chi connectivity index (χ3n) is 19.1. The molecule has 21 fully saturated rings. The minimum absolute atomic E-state index is 0.0314. The molecule has 40 atom stereocenters. The van der Waals surface area contributed by atoms with E-state index >= 15 is 0 Å². The zero-order valence-corrected chi connectivity index (χ0v) is 56.4. The highest BCUT2D eigenvalue weighted by atomic mass is 16.8. The van der Waals surface area contributed by atoms with E-state index in [1.807, 2.05) is 0 Å². The van der Waals surface area contributed by atoms with Gasteiger partial charge >= 0.3 is 0 Å². The lowest BCUT2D eigenvalue weighted by molar-refractivity contribution is -0.404. The molecule has 602 valence electrons. The highest BCUT2D eigenvalue weighted by Crippen LogP contribution is 2.40. The maximum atomic E-state index is 12.2. The van der Waals surface area contributed by atoms with Crippen molar-refractivity contribution in [1.29, 1.82) is 0 Å². The Balaban J connectivity index is 0.970. The van der Waals surface area contributed by atoms with Gasteiger partial charge < -0.3 is 212 Å². The van der Waals surface area contributed by atoms with E-state index in [-0.39, 0.29) is 31.8 Å². The molecular weight excluding hydrogens is 1410 g/mol. The van der Waals surface area contributed by atoms with E-state index in [0.29, 0.717) is 13.2 Å². The van der Waals surface area contributed by atoms with Crippen molar-refractivity contribution in [3.63, 3.8) is 0 Å². The summed E-state index contributed by atoms with van der Waals surface area (Å²) in [7, 11) is 0. The summed E-state index contributed by atoms with van der Waals surface area (Å²) in [5.74, 6) is 0. The summed E-state index contributed by atoms with van der Waals surface area (Å²) in [6.45, 7) is -1.75. The first kappa shape index (κ1) is 85.3. The fourth-order valence-corrected chi connectivity index (χ4v) is 13.2. The van der Waals surface area contributed by atoms with Crippen LogP contribution >= 0.6 is 0 Å². The van der Waals surface area contributed by atoms with Crippen LogP contribution in [0, 0.1) is 5.41 Å². The molecule has 103 heavy (non-hydrogen) atoms. The molecule has 0 aromatic carbocycles. The van der Waals surface area contributed by atoms with E-state index in [4.69, 9.17) is 94.7 Å². The molecular formula is C60H104O43. The minimum atomic E-state index is -2.26. The minimum Gasteiger partial charge on any atom is -0.394 e. The molecule has 43 nitrogen and oxygen atoms in total. The Morgan fingerprint density at radius 2 is 0.388 bits per heavy atom. The fraction of sp³-hybridized carbons (Fsp3) is 1.00. The number of hydrogen-bond acceptors (Lipinski definition) is 43. The molecule has 0 aromatic rings. The van der Waals surface area contributed by atoms with Gasteiger partial charge in [-0.2, -0.15) is 0 Å². The molecule has 23 N–H and O–H groups in total. The topological polar surface area (TPSA) is 650 Å². The maximum Gasteiger partial charge on any atom is 0.187 e. The molecule has 0 saturated carbocycles. The zero-order chi connectivity index (χ0) is 75.0. The van der Waals surface area contributed by atoms with Crippen molar-refractivity contribution < 1.29 is 212 Å². The summed E-state index contributed by atoms with van der Waals surface area (Å²) in [5.41, 5.74) is 0.0743. The second-order valence-electron chi connectivity index (χ2n) is 27.5. The Labute approximate surface area is 588 Å². The standard InChI is InChI=1S/C60H104O43/c1-60(2,3)4-5-84-6-7-85-8-9-86-10-11-87-51-42(83)50-27(19-68)95-59(51)103-49-26(18-67)94-57(41(82)34(49)75)101-47-24(16-65)92-55(39(80)32(47)73)99-45-22(14-63)90-53(37(78)30(45)71)97-43-20(12-61)88-52(35(76)28(43)69)96-44-21(13-62)89-54(36(77)29(44)70)98-46-23(15-64)91-56(38(79)31(46)72)100-48-25(17-66)93-58(102-50)40(81)33(48)74/h20-59,61-83H,4-19H2,1-3H3/t20-,21-,22-,23-,24-,25-,26-,27-,28-,29-,30-,31-,32-,33-,34-,35-,36-,37-,38-,39-,40-,41-,42+,43-,44-,45-,46-,47-,48-,49-,50-,51-,52-,53-,54-,55-,56-,57-,58-,59-/m1/s1. The van der Waals surface area contributed by atoms with Crippen LogP contribution in [0.3, 0.4) is 0 Å². The van der Waals surface area contributed by atoms with Gasteiger partial charge in [0.1, 0.15) is 195 Å². The molecule has 21 saturated heterocycles. The third kappa shape index (κ3) is 19.6. The summed E-state index contributed by atoms with van der Waals surface area (Å²) in [5, 5.41) is 259. The maximum absolute atomic E-state index is 12.2. The van der Waals surface area contributed by atoms with Crippen LogP contribution in [0.1, 0.15) is 27.2 Å². The summed E-state index contributed by atoms with van der Waals surface area (Å²) in [6.07, 6.45) is -80.6. The average Bonchev–Trinajstić information content (AvgIpc) is 0.771. The van der Waals surface area contributed by atoms with Crippen LogP contribution in [0.25, 0.3) is 0 Å². The van der Waals surface area contributed by atoms with Crippen molar-refractivity contribution in [3.05, 3.63) is 0 Å². The predicted molar refractivity (Wildman–Crippen MR) is 321 cm³/mol. The molecule has 21 rings (SSSR count). The van der Waals surface area contributed by atoms with Crippen molar-refractivity contribution in [1.82, 2.24) is 0 Å². The first-order chi connectivity index (χ1) is 49.1. The second kappa shape index (κ2) is 38.5. The van der Waals surface area contributed by atoms with Gasteiger partial charge in [-0.25, -0.2) is 0 Å². The lowest BCUT2D eigenvalue weighted by Gasteiger charge is -2.51. The van der Waals surface area contributed by atoms with Gasteiger partial charge in [0.25, 0.3) is 0 Å². The van der Waals surface area contributed by atoms with Gasteiger partial charge in [0, 0.05) is 6.61 Å². The van der Waals surface area contributed by atoms with Gasteiger partial charge in [0.2, 0.25) is 0 Å². The van der Waals surface area contributed by atoms with Crippen LogP contribution in [-0.2, 0) is 94.7 Å². The largest absolute Gasteiger partial charge is 0.394 e. The quantitative estimate of drug-likeness (QED) is 0.0503. The Bertz CT molecular complexity index is 2460. The summed E-state index contributed by atoms with van der Waals surface area (Å²) in [4.78, 5) is 0. The molecule has 0 spiro atoms. The monoisotopic (exact) mass is 1510 g/mol. The van der Waals surface area contributed by atoms with Crippen molar-refractivity contribution in [2.75, 3.05) is 99.1 Å². The Kier molecular flexibility index (Phi) is 31.9. The Morgan fingerprint density at radius 3 is 0.592 bits per heavy atom. The first-order valence-electron chi connectivity index (χ1n) is 34.0. The van der Waals surface area contributed by atoms with Crippen molar-refractivity contribution in [2.24, 2.45) is 5.41 Å². The van der Waals surface area contributed by atoms with Crippen LogP contribution in [0.2, 0.25) is 0 Å². The lowest BCUT2D eigenvalue weighted by atomic mass is 9.93. The molecule has 0 amide bonds. The van der Waals surface area contributed by atoms with E-state index in [9.17, 15) is 117 Å². The van der Waals surface area contributed by atoms with Gasteiger partial charge in [-0.1, -0.05) is 20.8 Å². The molecule has 21 heterocycles. The first-order valence-corrected chi connectivity index (χ1v) is 34.0. The van der Waals surface area contributed by atoms with Crippen molar-refractivity contribution >= 4 is 0 Å². The molecule has 21 aliphatic heterocycles. The molecule has 0 aliphatic carbocycles. The van der Waals surface area contributed by atoms with E-state index in [1.54, 1.807) is 0 Å². The Morgan fingerprint density at radius 1 is 0.214 bits per heavy atom. The molecule has 16 bridgehead atoms. The highest BCUT2D eigenvalue weighted by molar-refractivity contribution is 5.03. The summed E-state index contributed by atoms with van der Waals surface area (Å²) < 4.78 is 116. The van der Waals surface area contributed by atoms with Gasteiger partial charge in [0.05, 0.1) is 92.5 Å². The third-order valence-corrected chi connectivity index (χ3v) is 19.1. The smallest absolute Gasteiger partial charge is 0.187 e. The summed E-state index contributed by atoms with van der Waals surface area (Å²) in [6, 6.07) is 0. The van der Waals surface area contributed by atoms with E-state index in [2.05, 4.69) is 20.8 Å². The molecule has 21 aliphatic rings. The van der Waals surface area contributed by atoms with Crippen LogP contribution in [0.5, 0.6) is 0 Å². The second-order valence-corrected chi connectivity index (χ2v) is 27.5. The van der Waals surface area contributed by atoms with Crippen LogP contribution in [-0.4, -0.2) is 462 Å². The zero-order valence-electron chi connectivity index (χ0n) is 56.4. The van der Waals surface area contributed by atoms with E-state index in [0.717, 1.165) is 6.42 Å². The fourth-order valence-electron chi connectivity index (χ4n) is 13.2. The van der Waals surface area contributed by atoms with Crippen LogP contribution in [0.15, 0.2) is 0 Å². The van der Waals surface area contributed by atoms with Gasteiger partial charge in [-0.3, -0.25) is 0 Å². The highest BCUT2D eigenvalue weighted by Gasteiger charge is 2.61. The van der Waals surface area contributed by atoms with Gasteiger partial charge in [0.15, 0.2) is 50.3 Å². The number of hydrogen-bond donors (Lipinski definition) is 23. The normalized spacial score (nSPS) is 49.2. The lowest BCUT2D eigenvalue weighted by Crippen LogP contribution is -2.69. The van der Waals surface area contributed by atoms with Gasteiger partial charge in [-0.15, -0.1) is 0 Å². The van der Waals surface area contributed by atoms with Crippen LogP contribution in [0.4, 0.5) is 0 Å². The number of rotatable bonds is 20. The molecule has 0 unspecified atom stereocenters. The van der Waals surface area contributed by atoms with E-state index < -0.39 is 305 Å². The number of aliphatic hydroxyl groups is 23. The molecule has 0 aromatic heterocycles. The van der Waals surface area contributed by atoms with Crippen LogP contribution < -0.4 is 0 Å². The predicted octanol–water partition coefficient (Wildman–Crippen LogP) is -14.9. The number of aliphatic hydroxyl groups excluding tert-OH is 23. The number of ether oxygens (including phenoxy) is 20. The molecule has 0 radical (unpaired) electrons. The Hall–Kier alpha value is -1.72. The average molecular weight is 1510 g/mol. The summed E-state index contributed by atoms with van der Waals surface area (Å²) >= 11 is 0. The van der Waals surface area contributed by atoms with Gasteiger partial charge in [-0.05, 0) is 11.8 Å². The molecule has 43 heteroatoms. The van der Waals surface area contributed by atoms with Crippen molar-refractivity contribution in [2.45, 2.75) is 273 Å². The van der Waals surface area contributed by atoms with Crippen molar-refractivity contribution in [3.8, 4) is 0 Å². The SMILES string of the molecule is CC(C)(C)CCOCCOCCOCCO[C@H]1[C@H]2O[C@H]3[C@H](O)[C@@H](O)[C@@H](O[C@H]4[C@H](O)[C@@H](O)[C@@H](O[C@H]5[C@H](O)[C@@H](O)[C@@H](O[C@H]6[C@H](O)[C@@H](O)[C@@H](O[C@H]7[C@H](O)[C@@H](O)[C@@H](O[C@H]8[C@H](O)[C@@H](O)[C@@H](O[C@H]9[C@H](O)[C@@H](O)[C@@H](O[C@@H]([C@@H]1O)[C@@H](CO)O2)O[C@@H]9CO)O[C@@H]8CO)O[C@@H]7CO)O[C@@H]6CO)O[C@@H]5CO)O[C@@H]4CO)O[C@@H]3CO.